The van der Waals surface area contributed by atoms with E-state index in [9.17, 15) is 19.6 Å². The summed E-state index contributed by atoms with van der Waals surface area (Å²) >= 11 is 0. The van der Waals surface area contributed by atoms with Crippen LogP contribution in [0.1, 0.15) is 67.6 Å². The molecule has 184 valence electrons. The number of rotatable bonds is 8. The van der Waals surface area contributed by atoms with Gasteiger partial charge < -0.3 is 4.74 Å². The van der Waals surface area contributed by atoms with Crippen molar-refractivity contribution in [1.29, 1.82) is 5.26 Å². The number of amides is 3. The number of benzene rings is 1. The molecule has 0 fully saturated rings. The number of nitrogens with zero attached hydrogens (tertiary/aromatic N) is 6. The largest absolute Gasteiger partial charge is 0.442 e. The van der Waals surface area contributed by atoms with Gasteiger partial charge in [0.25, 0.3) is 11.8 Å². The van der Waals surface area contributed by atoms with Crippen LogP contribution in [0.5, 0.6) is 0 Å². The maximum atomic E-state index is 13.3. The highest BCUT2D eigenvalue weighted by Gasteiger charge is 2.35. The molecule has 0 saturated heterocycles. The highest BCUT2D eigenvalue weighted by Crippen LogP contribution is 2.23. The number of hydrogen-bond donors (Lipinski definition) is 0. The molecular formula is C25H30N6O4. The maximum Gasteiger partial charge on any atom is 0.429 e. The van der Waals surface area contributed by atoms with Crippen LogP contribution in [-0.2, 0) is 4.74 Å². The normalized spacial score (nSPS) is 13.0. The quantitative estimate of drug-likeness (QED) is 0.417. The van der Waals surface area contributed by atoms with Gasteiger partial charge in [-0.1, -0.05) is 26.0 Å². The molecule has 0 atom stereocenters. The molecule has 1 aliphatic rings. The van der Waals surface area contributed by atoms with Gasteiger partial charge in [-0.2, -0.15) is 10.2 Å². The number of ether oxygens (including phenoxy) is 1. The third-order valence-electron chi connectivity index (χ3n) is 5.07. The fourth-order valence-corrected chi connectivity index (χ4v) is 3.65. The van der Waals surface area contributed by atoms with E-state index >= 15 is 0 Å². The second kappa shape index (κ2) is 10.5. The summed E-state index contributed by atoms with van der Waals surface area (Å²) in [5.74, 6) is -0.203. The number of carbonyl (C=O) groups is 3. The fourth-order valence-electron chi connectivity index (χ4n) is 3.65. The summed E-state index contributed by atoms with van der Waals surface area (Å²) < 4.78 is 5.65. The van der Waals surface area contributed by atoms with Gasteiger partial charge in [-0.05, 0) is 45.2 Å². The lowest BCUT2D eigenvalue weighted by Crippen LogP contribution is -2.51. The lowest BCUT2D eigenvalue weighted by atomic mass is 10.1. The van der Waals surface area contributed by atoms with E-state index in [1.54, 1.807) is 56.1 Å². The summed E-state index contributed by atoms with van der Waals surface area (Å²) in [6.45, 7) is 9.99. The van der Waals surface area contributed by atoms with Crippen molar-refractivity contribution in [2.75, 3.05) is 24.6 Å². The van der Waals surface area contributed by atoms with Gasteiger partial charge >= 0.3 is 6.09 Å². The van der Waals surface area contributed by atoms with Crippen molar-refractivity contribution in [3.8, 4) is 6.07 Å². The topological polar surface area (TPSA) is 120 Å². The molecule has 0 bridgehead atoms. The molecule has 1 aromatic heterocycles. The Labute approximate surface area is 205 Å². The Morgan fingerprint density at radius 2 is 1.77 bits per heavy atom. The van der Waals surface area contributed by atoms with Crippen LogP contribution in [0.25, 0.3) is 0 Å². The smallest absolute Gasteiger partial charge is 0.429 e. The van der Waals surface area contributed by atoms with Crippen LogP contribution in [0.15, 0.2) is 36.5 Å². The standard InChI is InChI=1S/C25H30N6O4/c1-17(2)16-31(21-11-12-27-20(15-26)28-21)30(24(34)35-25(3,4)5)14-8-13-29-22(32)18-9-6-7-10-19(18)23(29)33/h6-7,9-12,17H,8,13-14,16H2,1-5H3. The first kappa shape index (κ1) is 25.6. The molecule has 0 radical (unpaired) electrons. The first-order chi connectivity index (χ1) is 16.5. The fraction of sp³-hybridized carbons (Fsp3) is 0.440. The third kappa shape index (κ3) is 6.12. The highest BCUT2D eigenvalue weighted by atomic mass is 16.6. The van der Waals surface area contributed by atoms with Crippen molar-refractivity contribution in [2.45, 2.75) is 46.6 Å². The van der Waals surface area contributed by atoms with Gasteiger partial charge in [-0.25, -0.2) is 14.8 Å². The Bertz CT molecular complexity index is 1120. The molecule has 3 rings (SSSR count). The van der Waals surface area contributed by atoms with Crippen molar-refractivity contribution in [1.82, 2.24) is 19.9 Å². The average molecular weight is 479 g/mol. The summed E-state index contributed by atoms with van der Waals surface area (Å²) in [6.07, 6.45) is 1.17. The Morgan fingerprint density at radius 3 is 2.31 bits per heavy atom. The molecule has 1 aliphatic heterocycles. The molecule has 2 aromatic rings. The zero-order valence-electron chi connectivity index (χ0n) is 20.7. The SMILES string of the molecule is CC(C)CN(c1ccnc(C#N)n1)N(CCCN1C(=O)c2ccccc2C1=O)C(=O)OC(C)(C)C. The lowest BCUT2D eigenvalue weighted by molar-refractivity contribution is 0.0212. The van der Waals surface area contributed by atoms with E-state index in [0.717, 1.165) is 0 Å². The van der Waals surface area contributed by atoms with Gasteiger partial charge in [0.05, 0.1) is 11.1 Å². The molecule has 1 aromatic carbocycles. The molecule has 0 unspecified atom stereocenters. The van der Waals surface area contributed by atoms with E-state index in [1.807, 2.05) is 19.9 Å². The van der Waals surface area contributed by atoms with E-state index in [4.69, 9.17) is 4.74 Å². The van der Waals surface area contributed by atoms with Gasteiger partial charge in [-0.3, -0.25) is 19.5 Å². The van der Waals surface area contributed by atoms with E-state index in [0.29, 0.717) is 29.9 Å². The lowest BCUT2D eigenvalue weighted by Gasteiger charge is -2.37. The van der Waals surface area contributed by atoms with Crippen molar-refractivity contribution >= 4 is 23.7 Å². The molecule has 0 aliphatic carbocycles. The van der Waals surface area contributed by atoms with Gasteiger partial charge in [0.2, 0.25) is 5.82 Å². The maximum absolute atomic E-state index is 13.3. The number of imide groups is 1. The van der Waals surface area contributed by atoms with Crippen LogP contribution in [0.3, 0.4) is 0 Å². The number of fused-ring (bicyclic) bond motifs is 1. The van der Waals surface area contributed by atoms with Crippen LogP contribution in [0, 0.1) is 17.2 Å². The Hall–Kier alpha value is -4.00. The second-order valence-electron chi connectivity index (χ2n) is 9.59. The predicted octanol–water partition coefficient (Wildman–Crippen LogP) is 3.65. The van der Waals surface area contributed by atoms with Crippen LogP contribution in [-0.4, -0.2) is 63.0 Å². The predicted molar refractivity (Wildman–Crippen MR) is 128 cm³/mol. The van der Waals surface area contributed by atoms with Gasteiger partial charge in [0.1, 0.15) is 11.7 Å². The summed E-state index contributed by atoms with van der Waals surface area (Å²) in [6, 6.07) is 10.2. The first-order valence-electron chi connectivity index (χ1n) is 11.5. The minimum atomic E-state index is -0.745. The molecule has 2 heterocycles. The number of aromatic nitrogens is 2. The van der Waals surface area contributed by atoms with Crippen molar-refractivity contribution in [2.24, 2.45) is 5.92 Å². The minimum Gasteiger partial charge on any atom is -0.442 e. The van der Waals surface area contributed by atoms with Crippen LogP contribution in [0.2, 0.25) is 0 Å². The van der Waals surface area contributed by atoms with Crippen molar-refractivity contribution in [3.05, 3.63) is 53.5 Å². The Balaban J connectivity index is 1.84. The van der Waals surface area contributed by atoms with Crippen molar-refractivity contribution < 1.29 is 19.1 Å². The Morgan fingerprint density at radius 1 is 1.14 bits per heavy atom. The molecule has 35 heavy (non-hydrogen) atoms. The monoisotopic (exact) mass is 478 g/mol. The van der Waals surface area contributed by atoms with E-state index in [1.165, 1.54) is 16.1 Å². The third-order valence-corrected chi connectivity index (χ3v) is 5.07. The summed E-state index contributed by atoms with van der Waals surface area (Å²) in [7, 11) is 0. The molecular weight excluding hydrogens is 448 g/mol. The zero-order valence-corrected chi connectivity index (χ0v) is 20.7. The summed E-state index contributed by atoms with van der Waals surface area (Å²) in [4.78, 5) is 48.1. The number of carbonyl (C=O) groups excluding carboxylic acids is 3. The summed E-state index contributed by atoms with van der Waals surface area (Å²) in [5, 5.41) is 12.3. The van der Waals surface area contributed by atoms with Crippen LogP contribution >= 0.6 is 0 Å². The van der Waals surface area contributed by atoms with Gasteiger partial charge in [0.15, 0.2) is 5.82 Å². The van der Waals surface area contributed by atoms with E-state index in [2.05, 4.69) is 9.97 Å². The molecule has 10 nitrogen and oxygen atoms in total. The molecule has 0 spiro atoms. The molecule has 10 heteroatoms. The Kier molecular flexibility index (Phi) is 7.69. The van der Waals surface area contributed by atoms with Crippen molar-refractivity contribution in [3.63, 3.8) is 0 Å². The average Bonchev–Trinajstić information content (AvgIpc) is 3.04. The zero-order chi connectivity index (χ0) is 25.8. The first-order valence-corrected chi connectivity index (χ1v) is 11.5. The minimum absolute atomic E-state index is 0.0218. The molecule has 3 amide bonds. The van der Waals surface area contributed by atoms with Crippen LogP contribution < -0.4 is 5.01 Å². The summed E-state index contributed by atoms with van der Waals surface area (Å²) in [5.41, 5.74) is 0.0195. The van der Waals surface area contributed by atoms with E-state index in [-0.39, 0.29) is 36.6 Å². The number of anilines is 1. The highest BCUT2D eigenvalue weighted by molar-refractivity contribution is 6.21. The van der Waals surface area contributed by atoms with Gasteiger partial charge in [0, 0.05) is 31.9 Å². The molecule has 0 N–H and O–H groups in total. The number of hydrogen-bond acceptors (Lipinski definition) is 8. The number of hydrazine groups is 1. The number of nitriles is 1. The van der Waals surface area contributed by atoms with E-state index < -0.39 is 11.7 Å². The van der Waals surface area contributed by atoms with Crippen LogP contribution in [0.4, 0.5) is 10.6 Å². The second-order valence-corrected chi connectivity index (χ2v) is 9.59. The van der Waals surface area contributed by atoms with Gasteiger partial charge in [-0.15, -0.1) is 0 Å². The molecule has 0 saturated carbocycles.